The van der Waals surface area contributed by atoms with Gasteiger partial charge in [-0.05, 0) is 37.5 Å². The summed E-state index contributed by atoms with van der Waals surface area (Å²) in [6.07, 6.45) is 7.34. The molecule has 0 saturated heterocycles. The van der Waals surface area contributed by atoms with Crippen molar-refractivity contribution in [2.24, 2.45) is 17.1 Å². The van der Waals surface area contributed by atoms with Crippen LogP contribution in [0.25, 0.3) is 0 Å². The Morgan fingerprint density at radius 1 is 1.12 bits per heavy atom. The van der Waals surface area contributed by atoms with Crippen LogP contribution in [0.3, 0.4) is 0 Å². The Bertz CT molecular complexity index is 354. The summed E-state index contributed by atoms with van der Waals surface area (Å²) in [6.45, 7) is 0. The van der Waals surface area contributed by atoms with E-state index < -0.39 is 5.54 Å². The van der Waals surface area contributed by atoms with Crippen molar-refractivity contribution in [3.8, 4) is 0 Å². The van der Waals surface area contributed by atoms with Crippen LogP contribution < -0.4 is 11.1 Å². The van der Waals surface area contributed by atoms with Gasteiger partial charge in [0.2, 0.25) is 11.8 Å². The van der Waals surface area contributed by atoms with Crippen LogP contribution in [-0.2, 0) is 9.59 Å². The van der Waals surface area contributed by atoms with Crippen LogP contribution >= 0.6 is 0 Å². The predicted molar refractivity (Wildman–Crippen MR) is 58.3 cm³/mol. The van der Waals surface area contributed by atoms with Crippen molar-refractivity contribution in [1.29, 1.82) is 0 Å². The van der Waals surface area contributed by atoms with Gasteiger partial charge < -0.3 is 11.1 Å². The van der Waals surface area contributed by atoms with Crippen molar-refractivity contribution in [3.63, 3.8) is 0 Å². The molecule has 1 atom stereocenters. The maximum atomic E-state index is 12.0. The second-order valence-electron chi connectivity index (χ2n) is 5.76. The average Bonchev–Trinajstić information content (AvgIpc) is 3.06. The Hall–Kier alpha value is -1.06. The molecular weight excluding hydrogens is 204 g/mol. The van der Waals surface area contributed by atoms with Gasteiger partial charge in [0.15, 0.2) is 0 Å². The summed E-state index contributed by atoms with van der Waals surface area (Å²) in [6, 6.07) is 0. The molecule has 0 heterocycles. The van der Waals surface area contributed by atoms with Gasteiger partial charge in [-0.3, -0.25) is 9.59 Å². The lowest BCUT2D eigenvalue weighted by Gasteiger charge is -2.15. The minimum Gasteiger partial charge on any atom is -0.368 e. The molecule has 0 aromatic rings. The molecule has 4 nitrogen and oxygen atoms in total. The average molecular weight is 222 g/mol. The SMILES string of the molecule is NC(=O)C1(NC(=O)C2CC23CCCC3)CC1. The smallest absolute Gasteiger partial charge is 0.243 e. The van der Waals surface area contributed by atoms with E-state index in [4.69, 9.17) is 5.73 Å². The maximum Gasteiger partial charge on any atom is 0.243 e. The Morgan fingerprint density at radius 3 is 2.25 bits per heavy atom. The van der Waals surface area contributed by atoms with E-state index in [1.54, 1.807) is 0 Å². The van der Waals surface area contributed by atoms with Crippen molar-refractivity contribution in [2.45, 2.75) is 50.5 Å². The van der Waals surface area contributed by atoms with Crippen LogP contribution in [0.5, 0.6) is 0 Å². The highest BCUT2D eigenvalue weighted by Gasteiger charge is 2.61. The van der Waals surface area contributed by atoms with Crippen LogP contribution in [0.15, 0.2) is 0 Å². The van der Waals surface area contributed by atoms with Gasteiger partial charge in [-0.25, -0.2) is 0 Å². The van der Waals surface area contributed by atoms with Crippen LogP contribution in [0, 0.1) is 11.3 Å². The first kappa shape index (κ1) is 10.1. The second-order valence-corrected chi connectivity index (χ2v) is 5.76. The zero-order chi connectivity index (χ0) is 11.4. The van der Waals surface area contributed by atoms with Crippen LogP contribution in [-0.4, -0.2) is 17.4 Å². The third-order valence-electron chi connectivity index (χ3n) is 4.69. The highest BCUT2D eigenvalue weighted by molar-refractivity contribution is 5.94. The number of primary amides is 1. The molecule has 3 aliphatic carbocycles. The first-order valence-electron chi connectivity index (χ1n) is 6.20. The van der Waals surface area contributed by atoms with E-state index in [0.29, 0.717) is 18.3 Å². The third kappa shape index (κ3) is 1.35. The lowest BCUT2D eigenvalue weighted by molar-refractivity contribution is -0.129. The van der Waals surface area contributed by atoms with Gasteiger partial charge in [0.05, 0.1) is 0 Å². The van der Waals surface area contributed by atoms with E-state index in [9.17, 15) is 9.59 Å². The molecule has 4 heteroatoms. The lowest BCUT2D eigenvalue weighted by atomic mass is 10.0. The number of hydrogen-bond donors (Lipinski definition) is 2. The first-order chi connectivity index (χ1) is 7.58. The van der Waals surface area contributed by atoms with Crippen molar-refractivity contribution in [3.05, 3.63) is 0 Å². The maximum absolute atomic E-state index is 12.0. The normalized spacial score (nSPS) is 32.4. The summed E-state index contributed by atoms with van der Waals surface area (Å²) >= 11 is 0. The standard InChI is InChI=1S/C12H18N2O2/c13-10(16)12(5-6-12)14-9(15)8-7-11(8)3-1-2-4-11/h8H,1-7H2,(H2,13,16)(H,14,15). The van der Waals surface area contributed by atoms with Crippen LogP contribution in [0.4, 0.5) is 0 Å². The van der Waals surface area contributed by atoms with E-state index in [1.807, 2.05) is 0 Å². The third-order valence-corrected chi connectivity index (χ3v) is 4.69. The number of amides is 2. The van der Waals surface area contributed by atoms with Gasteiger partial charge in [0.25, 0.3) is 0 Å². The largest absolute Gasteiger partial charge is 0.368 e. The van der Waals surface area contributed by atoms with Gasteiger partial charge in [-0.15, -0.1) is 0 Å². The van der Waals surface area contributed by atoms with Gasteiger partial charge >= 0.3 is 0 Å². The predicted octanol–water partition coefficient (Wildman–Crippen LogP) is 0.701. The molecule has 0 aliphatic heterocycles. The fraction of sp³-hybridized carbons (Fsp3) is 0.833. The molecule has 3 fully saturated rings. The molecule has 2 amide bonds. The number of hydrogen-bond acceptors (Lipinski definition) is 2. The van der Waals surface area contributed by atoms with E-state index in [1.165, 1.54) is 25.7 Å². The molecule has 3 rings (SSSR count). The summed E-state index contributed by atoms with van der Waals surface area (Å²) < 4.78 is 0. The Labute approximate surface area is 94.9 Å². The zero-order valence-electron chi connectivity index (χ0n) is 9.42. The molecular formula is C12H18N2O2. The molecule has 0 bridgehead atoms. The molecule has 0 aromatic heterocycles. The topological polar surface area (TPSA) is 72.2 Å². The van der Waals surface area contributed by atoms with Crippen molar-refractivity contribution in [1.82, 2.24) is 5.32 Å². The van der Waals surface area contributed by atoms with Gasteiger partial charge in [-0.2, -0.15) is 0 Å². The molecule has 3 saturated carbocycles. The van der Waals surface area contributed by atoms with Gasteiger partial charge in [0, 0.05) is 5.92 Å². The zero-order valence-corrected chi connectivity index (χ0v) is 9.42. The van der Waals surface area contributed by atoms with Crippen molar-refractivity contribution in [2.75, 3.05) is 0 Å². The molecule has 1 spiro atoms. The molecule has 1 unspecified atom stereocenters. The Morgan fingerprint density at radius 2 is 1.75 bits per heavy atom. The van der Waals surface area contributed by atoms with E-state index >= 15 is 0 Å². The number of carbonyl (C=O) groups is 2. The second kappa shape index (κ2) is 2.99. The molecule has 3 aliphatic rings. The number of rotatable bonds is 3. The molecule has 0 radical (unpaired) electrons. The van der Waals surface area contributed by atoms with Crippen molar-refractivity contribution < 1.29 is 9.59 Å². The minimum absolute atomic E-state index is 0.0678. The number of nitrogens with one attached hydrogen (secondary N) is 1. The Balaban J connectivity index is 1.61. The fourth-order valence-corrected chi connectivity index (χ4v) is 3.23. The fourth-order valence-electron chi connectivity index (χ4n) is 3.23. The quantitative estimate of drug-likeness (QED) is 0.737. The Kier molecular flexibility index (Phi) is 1.89. The summed E-state index contributed by atoms with van der Waals surface area (Å²) in [5.41, 5.74) is 4.92. The van der Waals surface area contributed by atoms with E-state index in [-0.39, 0.29) is 17.7 Å². The van der Waals surface area contributed by atoms with Crippen LogP contribution in [0.1, 0.15) is 44.9 Å². The summed E-state index contributed by atoms with van der Waals surface area (Å²) in [5.74, 6) is -0.146. The summed E-state index contributed by atoms with van der Waals surface area (Å²) in [5, 5.41) is 2.87. The highest BCUT2D eigenvalue weighted by Crippen LogP contribution is 2.63. The molecule has 0 aromatic carbocycles. The first-order valence-corrected chi connectivity index (χ1v) is 6.20. The molecule has 88 valence electrons. The molecule has 3 N–H and O–H groups in total. The van der Waals surface area contributed by atoms with Gasteiger partial charge in [-0.1, -0.05) is 12.8 Å². The molecule has 16 heavy (non-hydrogen) atoms. The summed E-state index contributed by atoms with van der Waals surface area (Å²) in [4.78, 5) is 23.2. The summed E-state index contributed by atoms with van der Waals surface area (Å²) in [7, 11) is 0. The minimum atomic E-state index is -0.681. The lowest BCUT2D eigenvalue weighted by Crippen LogP contribution is -2.47. The monoisotopic (exact) mass is 222 g/mol. The number of carbonyl (C=O) groups excluding carboxylic acids is 2. The van der Waals surface area contributed by atoms with E-state index in [2.05, 4.69) is 5.32 Å². The highest BCUT2D eigenvalue weighted by atomic mass is 16.2. The van der Waals surface area contributed by atoms with Crippen LogP contribution in [0.2, 0.25) is 0 Å². The van der Waals surface area contributed by atoms with Gasteiger partial charge in [0.1, 0.15) is 5.54 Å². The van der Waals surface area contributed by atoms with Crippen molar-refractivity contribution >= 4 is 11.8 Å². The van der Waals surface area contributed by atoms with E-state index in [0.717, 1.165) is 6.42 Å². The number of nitrogens with two attached hydrogens (primary N) is 1.